The molecule has 17 heteroatoms. The Hall–Kier alpha value is -5.78. The molecule has 0 aliphatic carbocycles. The minimum Gasteiger partial charge on any atom is -0.496 e. The van der Waals surface area contributed by atoms with E-state index in [1.54, 1.807) is 42.9 Å². The number of nitrogens with one attached hydrogen (secondary N) is 2. The Morgan fingerprint density at radius 1 is 0.841 bits per heavy atom. The molecule has 5 aliphatic heterocycles. The number of piperidine rings is 2. The summed E-state index contributed by atoms with van der Waals surface area (Å²) in [6.07, 6.45) is 6.27. The number of carbonyl (C=O) groups excluding carboxylic acids is 5. The summed E-state index contributed by atoms with van der Waals surface area (Å²) in [5.74, 6) is -0.603. The number of urea groups is 1. The zero-order valence-electron chi connectivity index (χ0n) is 36.9. The number of nitrogens with zero attached hydrogens (tertiary/aromatic N) is 6. The zero-order valence-corrected chi connectivity index (χ0v) is 36.9. The lowest BCUT2D eigenvalue weighted by Crippen LogP contribution is -2.54. The Labute approximate surface area is 367 Å². The number of pyridine rings is 1. The molecule has 3 saturated heterocycles. The first-order valence-corrected chi connectivity index (χ1v) is 22.0. The van der Waals surface area contributed by atoms with Crippen molar-refractivity contribution < 1.29 is 38.2 Å². The van der Waals surface area contributed by atoms with Crippen LogP contribution in [0.3, 0.4) is 0 Å². The number of likely N-dealkylation sites (tertiary alicyclic amines) is 1. The van der Waals surface area contributed by atoms with Gasteiger partial charge < -0.3 is 43.7 Å². The Morgan fingerprint density at radius 2 is 1.56 bits per heavy atom. The number of anilines is 1. The van der Waals surface area contributed by atoms with Crippen molar-refractivity contribution in [3.63, 3.8) is 0 Å². The predicted octanol–water partition coefficient (Wildman–Crippen LogP) is 2.75. The fourth-order valence-electron chi connectivity index (χ4n) is 9.73. The summed E-state index contributed by atoms with van der Waals surface area (Å²) in [5, 5.41) is 5.32. The third-order valence-corrected chi connectivity index (χ3v) is 13.0. The maximum Gasteiger partial charge on any atom is 0.317 e. The monoisotopic (exact) mass is 866 g/mol. The first kappa shape index (κ1) is 43.9. The number of hydrogen-bond acceptors (Lipinski definition) is 12. The second-order valence-corrected chi connectivity index (χ2v) is 17.5. The van der Waals surface area contributed by atoms with Gasteiger partial charge in [0, 0.05) is 82.3 Å². The zero-order chi connectivity index (χ0) is 44.5. The second-order valence-electron chi connectivity index (χ2n) is 17.5. The lowest BCUT2D eigenvalue weighted by atomic mass is 9.91. The minimum absolute atomic E-state index is 0.0805. The maximum absolute atomic E-state index is 13.4. The van der Waals surface area contributed by atoms with Gasteiger partial charge in [0.05, 0.1) is 49.7 Å². The summed E-state index contributed by atoms with van der Waals surface area (Å²) in [7, 11) is 9.02. The number of fused-ring (bicyclic) bond motifs is 2. The van der Waals surface area contributed by atoms with Gasteiger partial charge in [0.15, 0.2) is 0 Å². The molecule has 6 heterocycles. The quantitative estimate of drug-likeness (QED) is 0.190. The highest BCUT2D eigenvalue weighted by atomic mass is 16.5. The van der Waals surface area contributed by atoms with Crippen LogP contribution < -0.4 is 30.6 Å². The van der Waals surface area contributed by atoms with E-state index in [4.69, 9.17) is 14.2 Å². The molecule has 8 rings (SSSR count). The Balaban J connectivity index is 0.780. The predicted molar refractivity (Wildman–Crippen MR) is 234 cm³/mol. The number of rotatable bonds is 13. The number of amides is 6. The fraction of sp³-hybridized carbons (Fsp3) is 0.522. The molecule has 1 aromatic heterocycles. The topological polar surface area (TPSA) is 175 Å². The highest BCUT2D eigenvalue weighted by Gasteiger charge is 2.45. The van der Waals surface area contributed by atoms with E-state index in [1.165, 1.54) is 0 Å². The van der Waals surface area contributed by atoms with Gasteiger partial charge in [-0.2, -0.15) is 0 Å². The van der Waals surface area contributed by atoms with Gasteiger partial charge in [0.2, 0.25) is 11.8 Å². The number of methoxy groups -OCH3 is 2. The Kier molecular flexibility index (Phi) is 12.9. The van der Waals surface area contributed by atoms with E-state index in [0.717, 1.165) is 91.2 Å². The van der Waals surface area contributed by atoms with Crippen molar-refractivity contribution in [3.8, 4) is 22.6 Å². The van der Waals surface area contributed by atoms with Crippen LogP contribution in [0.1, 0.15) is 75.9 Å². The molecular formula is C46H58N8O9. The van der Waals surface area contributed by atoms with Gasteiger partial charge in [-0.1, -0.05) is 0 Å². The molecule has 17 nitrogen and oxygen atoms in total. The largest absolute Gasteiger partial charge is 0.496 e. The third-order valence-electron chi connectivity index (χ3n) is 13.0. The van der Waals surface area contributed by atoms with Gasteiger partial charge in [-0.3, -0.25) is 34.2 Å². The number of ether oxygens (including phenoxy) is 3. The van der Waals surface area contributed by atoms with Crippen molar-refractivity contribution in [2.75, 3.05) is 79.0 Å². The number of imide groups is 2. The molecule has 5 aliphatic rings. The van der Waals surface area contributed by atoms with Crippen molar-refractivity contribution in [2.24, 2.45) is 7.05 Å². The highest BCUT2D eigenvalue weighted by Crippen LogP contribution is 2.38. The van der Waals surface area contributed by atoms with E-state index in [9.17, 15) is 28.8 Å². The summed E-state index contributed by atoms with van der Waals surface area (Å²) < 4.78 is 19.7. The van der Waals surface area contributed by atoms with Crippen LogP contribution >= 0.6 is 0 Å². The molecule has 0 bridgehead atoms. The average molecular weight is 867 g/mol. The summed E-state index contributed by atoms with van der Waals surface area (Å²) in [4.78, 5) is 86.7. The van der Waals surface area contributed by atoms with Gasteiger partial charge in [0.25, 0.3) is 17.4 Å². The number of aromatic nitrogens is 1. The molecule has 3 fully saturated rings. The fourth-order valence-corrected chi connectivity index (χ4v) is 9.73. The van der Waals surface area contributed by atoms with Crippen molar-refractivity contribution in [1.29, 1.82) is 0 Å². The van der Waals surface area contributed by atoms with Gasteiger partial charge in [-0.15, -0.1) is 0 Å². The van der Waals surface area contributed by atoms with Crippen molar-refractivity contribution >= 4 is 35.3 Å². The van der Waals surface area contributed by atoms with Crippen LogP contribution in [0, 0.1) is 0 Å². The van der Waals surface area contributed by atoms with Crippen LogP contribution in [-0.2, 0) is 40.9 Å². The molecule has 6 amide bonds. The van der Waals surface area contributed by atoms with Gasteiger partial charge in [-0.25, -0.2) is 4.79 Å². The van der Waals surface area contributed by atoms with Crippen molar-refractivity contribution in [2.45, 2.75) is 76.3 Å². The van der Waals surface area contributed by atoms with Crippen LogP contribution in [-0.4, -0.2) is 146 Å². The molecule has 0 saturated carbocycles. The normalized spacial score (nSPS) is 20.6. The van der Waals surface area contributed by atoms with E-state index >= 15 is 0 Å². The highest BCUT2D eigenvalue weighted by molar-refractivity contribution is 6.23. The minimum atomic E-state index is -0.988. The van der Waals surface area contributed by atoms with Crippen molar-refractivity contribution in [3.05, 3.63) is 74.7 Å². The van der Waals surface area contributed by atoms with E-state index in [1.807, 2.05) is 38.5 Å². The molecule has 2 aromatic carbocycles. The van der Waals surface area contributed by atoms with E-state index in [0.29, 0.717) is 43.1 Å². The SMILES string of the molecule is COc1cc(-c2cn(C)c(=O)c3c2CCN(C(=O)NCCCN2CCC(OC4CCN(c5ccc6c(c5)C(=O)N(C5CCC(=O)NC5=O)C6=O)CC4)C2)C3)cc(OC)c1CN(C)C. The van der Waals surface area contributed by atoms with E-state index in [-0.39, 0.29) is 54.3 Å². The summed E-state index contributed by atoms with van der Waals surface area (Å²) >= 11 is 0. The molecule has 63 heavy (non-hydrogen) atoms. The molecule has 0 spiro atoms. The molecule has 336 valence electrons. The van der Waals surface area contributed by atoms with E-state index < -0.39 is 29.7 Å². The average Bonchev–Trinajstić information content (AvgIpc) is 3.83. The first-order chi connectivity index (χ1) is 30.3. The standard InChI is InChI=1S/C46H58N8O9/c1-49(2)25-37-39(61-4)21-28(22-40(37)62-5)35-26-50(3)43(57)36-27-53(20-14-32(35)36)46(60)47-15-6-16-51-17-11-31(24-51)63-30-12-18-52(19-13-30)29-7-8-33-34(23-29)45(59)54(44(33)58)38-9-10-41(55)48-42(38)56/h7-8,21-23,26,30-31,38H,6,9-20,24-25,27H2,1-5H3,(H,47,60)(H,48,55,56). The molecule has 2 unspecified atom stereocenters. The molecular weight excluding hydrogens is 809 g/mol. The lowest BCUT2D eigenvalue weighted by Gasteiger charge is -2.35. The van der Waals surface area contributed by atoms with Gasteiger partial charge >= 0.3 is 6.03 Å². The first-order valence-electron chi connectivity index (χ1n) is 22.0. The molecule has 2 atom stereocenters. The number of aryl methyl sites for hydroxylation is 1. The molecule has 0 radical (unpaired) electrons. The smallest absolute Gasteiger partial charge is 0.317 e. The summed E-state index contributed by atoms with van der Waals surface area (Å²) in [6.45, 7) is 5.99. The van der Waals surface area contributed by atoms with Crippen LogP contribution in [0.4, 0.5) is 10.5 Å². The third kappa shape index (κ3) is 9.04. The van der Waals surface area contributed by atoms with Gasteiger partial charge in [0.1, 0.15) is 17.5 Å². The second kappa shape index (κ2) is 18.5. The molecule has 3 aromatic rings. The van der Waals surface area contributed by atoms with Crippen LogP contribution in [0.25, 0.3) is 11.1 Å². The Bertz CT molecular complexity index is 2330. The van der Waals surface area contributed by atoms with Crippen LogP contribution in [0.15, 0.2) is 41.3 Å². The van der Waals surface area contributed by atoms with E-state index in [2.05, 4.69) is 25.3 Å². The number of hydrogen-bond donors (Lipinski definition) is 2. The maximum atomic E-state index is 13.4. The Morgan fingerprint density at radius 3 is 2.25 bits per heavy atom. The van der Waals surface area contributed by atoms with Crippen LogP contribution in [0.2, 0.25) is 0 Å². The summed E-state index contributed by atoms with van der Waals surface area (Å²) in [5.41, 5.74) is 5.63. The molecule has 2 N–H and O–H groups in total. The van der Waals surface area contributed by atoms with Gasteiger partial charge in [-0.05, 0) is 101 Å². The summed E-state index contributed by atoms with van der Waals surface area (Å²) in [6, 6.07) is 8.08. The number of carbonyl (C=O) groups is 5. The van der Waals surface area contributed by atoms with Crippen molar-refractivity contribution in [1.82, 2.24) is 34.8 Å². The lowest BCUT2D eigenvalue weighted by molar-refractivity contribution is -0.136. The van der Waals surface area contributed by atoms with Crippen LogP contribution in [0.5, 0.6) is 11.5 Å². The number of benzene rings is 2.